The lowest BCUT2D eigenvalue weighted by atomic mass is 10.1. The molecule has 0 radical (unpaired) electrons. The van der Waals surface area contributed by atoms with Gasteiger partial charge in [0, 0.05) is 0 Å². The van der Waals surface area contributed by atoms with Crippen LogP contribution >= 0.6 is 11.3 Å². The number of thiazole rings is 1. The van der Waals surface area contributed by atoms with E-state index in [4.69, 9.17) is 0 Å². The second kappa shape index (κ2) is 7.35. The monoisotopic (exact) mass is 347 g/mol. The van der Waals surface area contributed by atoms with Gasteiger partial charge >= 0.3 is 6.61 Å². The average molecular weight is 347 g/mol. The van der Waals surface area contributed by atoms with Crippen LogP contribution in [-0.2, 0) is 0 Å². The average Bonchev–Trinajstić information content (AvgIpc) is 2.99. The van der Waals surface area contributed by atoms with Crippen LogP contribution in [0.15, 0.2) is 53.6 Å². The molecule has 1 N–H and O–H groups in total. The summed E-state index contributed by atoms with van der Waals surface area (Å²) >= 11 is 1.52. The molecule has 0 amide bonds. The van der Waals surface area contributed by atoms with Gasteiger partial charge in [0.1, 0.15) is 5.75 Å². The van der Waals surface area contributed by atoms with Crippen LogP contribution in [0, 0.1) is 0 Å². The molecular formula is C17H15F2N3OS. The second-order valence-electron chi connectivity index (χ2n) is 4.91. The lowest BCUT2D eigenvalue weighted by molar-refractivity contribution is -0.0498. The van der Waals surface area contributed by atoms with E-state index in [0.717, 1.165) is 21.5 Å². The number of halogens is 2. The minimum absolute atomic E-state index is 0.128. The first-order valence-electron chi connectivity index (χ1n) is 7.39. The van der Waals surface area contributed by atoms with Crippen LogP contribution in [0.2, 0.25) is 0 Å². The molecule has 4 nitrogen and oxygen atoms in total. The predicted molar refractivity (Wildman–Crippen MR) is 93.1 cm³/mol. The van der Waals surface area contributed by atoms with Crippen LogP contribution in [0.4, 0.5) is 13.9 Å². The molecule has 0 saturated carbocycles. The molecule has 1 aromatic heterocycles. The summed E-state index contributed by atoms with van der Waals surface area (Å²) in [5.74, 6) is 0.128. The molecule has 0 unspecified atom stereocenters. The number of hydrazone groups is 1. The van der Waals surface area contributed by atoms with Crippen LogP contribution in [0.1, 0.15) is 18.9 Å². The van der Waals surface area contributed by atoms with E-state index in [9.17, 15) is 8.78 Å². The zero-order valence-corrected chi connectivity index (χ0v) is 13.7. The summed E-state index contributed by atoms with van der Waals surface area (Å²) in [6.07, 6.45) is 0.687. The zero-order valence-electron chi connectivity index (χ0n) is 12.9. The number of hydrogen-bond donors (Lipinski definition) is 1. The molecule has 0 aliphatic carbocycles. The first-order chi connectivity index (χ1) is 11.7. The number of alkyl halides is 2. The lowest BCUT2D eigenvalue weighted by Gasteiger charge is -2.07. The lowest BCUT2D eigenvalue weighted by Crippen LogP contribution is -2.04. The van der Waals surface area contributed by atoms with Crippen LogP contribution in [0.3, 0.4) is 0 Å². The molecule has 124 valence electrons. The van der Waals surface area contributed by atoms with Crippen molar-refractivity contribution in [1.82, 2.24) is 4.98 Å². The van der Waals surface area contributed by atoms with Gasteiger partial charge in [-0.05, 0) is 48.4 Å². The highest BCUT2D eigenvalue weighted by Crippen LogP contribution is 2.25. The third-order valence-corrected chi connectivity index (χ3v) is 4.27. The highest BCUT2D eigenvalue weighted by Gasteiger charge is 2.07. The van der Waals surface area contributed by atoms with Gasteiger partial charge in [-0.25, -0.2) is 4.98 Å². The minimum Gasteiger partial charge on any atom is -0.435 e. The number of fused-ring (bicyclic) bond motifs is 1. The Bertz CT molecular complexity index is 813. The number of aromatic nitrogens is 1. The molecule has 7 heteroatoms. The first kappa shape index (κ1) is 16.3. The quantitative estimate of drug-likeness (QED) is 0.497. The van der Waals surface area contributed by atoms with Crippen molar-refractivity contribution in [2.75, 3.05) is 5.43 Å². The van der Waals surface area contributed by atoms with Gasteiger partial charge in [0.25, 0.3) is 0 Å². The van der Waals surface area contributed by atoms with E-state index in [2.05, 4.69) is 20.2 Å². The number of nitrogens with zero attached hydrogens (tertiary/aromatic N) is 2. The number of ether oxygens (including phenoxy) is 1. The number of rotatable bonds is 6. The Labute approximate surface area is 141 Å². The maximum atomic E-state index is 12.2. The fourth-order valence-corrected chi connectivity index (χ4v) is 3.02. The molecule has 0 aliphatic rings. The Hall–Kier alpha value is -2.54. The first-order valence-corrected chi connectivity index (χ1v) is 8.20. The molecule has 2 aromatic carbocycles. The van der Waals surface area contributed by atoms with Gasteiger partial charge in [-0.1, -0.05) is 30.4 Å². The van der Waals surface area contributed by atoms with Crippen LogP contribution in [0.25, 0.3) is 10.2 Å². The van der Waals surface area contributed by atoms with Crippen LogP contribution in [-0.4, -0.2) is 17.3 Å². The van der Waals surface area contributed by atoms with Crippen molar-refractivity contribution in [3.63, 3.8) is 0 Å². The molecule has 1 heterocycles. The van der Waals surface area contributed by atoms with E-state index >= 15 is 0 Å². The topological polar surface area (TPSA) is 46.5 Å². The smallest absolute Gasteiger partial charge is 0.387 e. The molecule has 0 aliphatic heterocycles. The maximum Gasteiger partial charge on any atom is 0.387 e. The second-order valence-corrected chi connectivity index (χ2v) is 5.94. The number of anilines is 1. The fourth-order valence-electron chi connectivity index (χ4n) is 2.21. The third kappa shape index (κ3) is 3.86. The molecule has 0 bridgehead atoms. The standard InChI is InChI=1S/C17H15F2N3OS/c1-2-13(11-7-9-12(10-8-11)23-16(18)19)21-22-17-20-14-5-3-4-6-15(14)24-17/h3-10,16H,2H2,1H3,(H,20,22). The Balaban J connectivity index is 1.76. The van der Waals surface area contributed by atoms with Gasteiger partial charge in [0.05, 0.1) is 15.9 Å². The highest BCUT2D eigenvalue weighted by atomic mass is 32.1. The fraction of sp³-hybridized carbons (Fsp3) is 0.176. The Kier molecular flexibility index (Phi) is 5.00. The largest absolute Gasteiger partial charge is 0.435 e. The maximum absolute atomic E-state index is 12.2. The van der Waals surface area contributed by atoms with E-state index in [-0.39, 0.29) is 5.75 Å². The summed E-state index contributed by atoms with van der Waals surface area (Å²) in [5, 5.41) is 5.10. The molecule has 0 saturated heterocycles. The summed E-state index contributed by atoms with van der Waals surface area (Å²) in [7, 11) is 0. The van der Waals surface area contributed by atoms with E-state index in [1.165, 1.54) is 23.5 Å². The Morgan fingerprint density at radius 1 is 1.21 bits per heavy atom. The van der Waals surface area contributed by atoms with E-state index < -0.39 is 6.61 Å². The predicted octanol–water partition coefficient (Wildman–Crippen LogP) is 5.12. The molecule has 0 atom stereocenters. The summed E-state index contributed by atoms with van der Waals surface area (Å²) in [5.41, 5.74) is 5.54. The number of para-hydroxylation sites is 1. The van der Waals surface area contributed by atoms with Crippen molar-refractivity contribution in [3.05, 3.63) is 54.1 Å². The SMILES string of the molecule is CCC(=NNc1nc2ccccc2s1)c1ccc(OC(F)F)cc1. The van der Waals surface area contributed by atoms with Crippen LogP contribution < -0.4 is 10.2 Å². The molecule has 0 fully saturated rings. The van der Waals surface area contributed by atoms with Crippen molar-refractivity contribution in [3.8, 4) is 5.75 Å². The zero-order chi connectivity index (χ0) is 16.9. The summed E-state index contributed by atoms with van der Waals surface area (Å²) < 4.78 is 29.8. The van der Waals surface area contributed by atoms with Gasteiger partial charge in [-0.3, -0.25) is 5.43 Å². The minimum atomic E-state index is -2.82. The normalized spacial score (nSPS) is 11.9. The highest BCUT2D eigenvalue weighted by molar-refractivity contribution is 7.22. The number of benzene rings is 2. The van der Waals surface area contributed by atoms with Gasteiger partial charge in [0.2, 0.25) is 5.13 Å². The third-order valence-electron chi connectivity index (χ3n) is 3.33. The van der Waals surface area contributed by atoms with Crippen molar-refractivity contribution < 1.29 is 13.5 Å². The van der Waals surface area contributed by atoms with Crippen molar-refractivity contribution >= 4 is 32.4 Å². The van der Waals surface area contributed by atoms with Gasteiger partial charge in [-0.15, -0.1) is 0 Å². The van der Waals surface area contributed by atoms with Crippen molar-refractivity contribution in [2.45, 2.75) is 20.0 Å². The van der Waals surface area contributed by atoms with Gasteiger partial charge < -0.3 is 4.74 Å². The van der Waals surface area contributed by atoms with Crippen molar-refractivity contribution in [2.24, 2.45) is 5.10 Å². The summed E-state index contributed by atoms with van der Waals surface area (Å²) in [6, 6.07) is 14.3. The Morgan fingerprint density at radius 2 is 1.96 bits per heavy atom. The van der Waals surface area contributed by atoms with E-state index in [0.29, 0.717) is 11.6 Å². The van der Waals surface area contributed by atoms with E-state index in [1.54, 1.807) is 12.1 Å². The van der Waals surface area contributed by atoms with Crippen LogP contribution in [0.5, 0.6) is 5.75 Å². The van der Waals surface area contributed by atoms with E-state index in [1.807, 2.05) is 31.2 Å². The molecule has 24 heavy (non-hydrogen) atoms. The van der Waals surface area contributed by atoms with Crippen molar-refractivity contribution in [1.29, 1.82) is 0 Å². The molecular weight excluding hydrogens is 332 g/mol. The summed E-state index contributed by atoms with van der Waals surface area (Å²) in [4.78, 5) is 4.46. The Morgan fingerprint density at radius 3 is 2.62 bits per heavy atom. The summed E-state index contributed by atoms with van der Waals surface area (Å²) in [6.45, 7) is -0.849. The molecule has 3 rings (SSSR count). The van der Waals surface area contributed by atoms with Gasteiger partial charge in [0.15, 0.2) is 0 Å². The number of hydrogen-bond acceptors (Lipinski definition) is 5. The molecule has 3 aromatic rings. The molecule has 0 spiro atoms. The van der Waals surface area contributed by atoms with Gasteiger partial charge in [-0.2, -0.15) is 13.9 Å². The number of nitrogens with one attached hydrogen (secondary N) is 1.